The number of fused-ring (bicyclic) bond motifs is 1. The zero-order chi connectivity index (χ0) is 19.0. The maximum atomic E-state index is 12.6. The Morgan fingerprint density at radius 3 is 2.81 bits per heavy atom. The number of aromatic nitrogens is 4. The van der Waals surface area contributed by atoms with Crippen molar-refractivity contribution in [3.63, 3.8) is 0 Å². The lowest BCUT2D eigenvalue weighted by Crippen LogP contribution is -2.53. The van der Waals surface area contributed by atoms with Gasteiger partial charge in [0.2, 0.25) is 0 Å². The molecule has 0 unspecified atom stereocenters. The second-order valence-corrected chi connectivity index (χ2v) is 8.00. The first kappa shape index (κ1) is 17.7. The fourth-order valence-corrected chi connectivity index (χ4v) is 3.72. The molecule has 0 spiro atoms. The Labute approximate surface area is 161 Å². The zero-order valence-corrected chi connectivity index (χ0v) is 16.3. The third-order valence-corrected chi connectivity index (χ3v) is 5.71. The van der Waals surface area contributed by atoms with Crippen LogP contribution in [-0.2, 0) is 0 Å². The van der Waals surface area contributed by atoms with E-state index in [2.05, 4.69) is 44.4 Å². The number of nitrogens with zero attached hydrogens (tertiary/aromatic N) is 6. The SMILES string of the molecule is Cc1nnc(-c2cnc3cnc(NC(=O)N4CCN(C)[C@@H](C)C4)cc3c2)s1. The van der Waals surface area contributed by atoms with E-state index in [9.17, 15) is 4.79 Å². The summed E-state index contributed by atoms with van der Waals surface area (Å²) in [5.74, 6) is 0.520. The highest BCUT2D eigenvalue weighted by Crippen LogP contribution is 2.26. The van der Waals surface area contributed by atoms with Crippen molar-refractivity contribution in [1.29, 1.82) is 0 Å². The molecule has 2 amide bonds. The lowest BCUT2D eigenvalue weighted by molar-refractivity contribution is 0.125. The van der Waals surface area contributed by atoms with Gasteiger partial charge in [0.1, 0.15) is 15.8 Å². The number of pyridine rings is 2. The molecule has 0 saturated carbocycles. The fraction of sp³-hybridized carbons (Fsp3) is 0.389. The van der Waals surface area contributed by atoms with Crippen molar-refractivity contribution in [1.82, 2.24) is 30.0 Å². The van der Waals surface area contributed by atoms with Gasteiger partial charge in [0, 0.05) is 42.8 Å². The number of carbonyl (C=O) groups is 1. The van der Waals surface area contributed by atoms with Gasteiger partial charge < -0.3 is 9.80 Å². The summed E-state index contributed by atoms with van der Waals surface area (Å²) < 4.78 is 0. The van der Waals surface area contributed by atoms with Crippen LogP contribution in [-0.4, -0.2) is 68.7 Å². The Bertz CT molecular complexity index is 989. The van der Waals surface area contributed by atoms with Crippen LogP contribution in [0.4, 0.5) is 10.6 Å². The number of hydrogen-bond donors (Lipinski definition) is 1. The molecular weight excluding hydrogens is 362 g/mol. The minimum Gasteiger partial charge on any atom is -0.322 e. The highest BCUT2D eigenvalue weighted by molar-refractivity contribution is 7.14. The number of urea groups is 1. The molecule has 1 saturated heterocycles. The molecule has 0 aromatic carbocycles. The molecule has 0 aliphatic carbocycles. The minimum atomic E-state index is -0.120. The summed E-state index contributed by atoms with van der Waals surface area (Å²) in [6.45, 7) is 6.33. The number of rotatable bonds is 2. The summed E-state index contributed by atoms with van der Waals surface area (Å²) in [5.41, 5.74) is 1.68. The van der Waals surface area contributed by atoms with Gasteiger partial charge in [0.25, 0.3) is 0 Å². The number of aryl methyl sites for hydroxylation is 1. The van der Waals surface area contributed by atoms with Crippen molar-refractivity contribution in [3.05, 3.63) is 29.5 Å². The van der Waals surface area contributed by atoms with Crippen LogP contribution in [0.15, 0.2) is 24.5 Å². The van der Waals surface area contributed by atoms with E-state index in [1.807, 2.05) is 24.0 Å². The van der Waals surface area contributed by atoms with Gasteiger partial charge in [-0.1, -0.05) is 11.3 Å². The van der Waals surface area contributed by atoms with E-state index in [-0.39, 0.29) is 6.03 Å². The molecular formula is C18H21N7OS. The first-order valence-corrected chi connectivity index (χ1v) is 9.64. The highest BCUT2D eigenvalue weighted by atomic mass is 32.1. The second-order valence-electron chi connectivity index (χ2n) is 6.82. The van der Waals surface area contributed by atoms with Gasteiger partial charge in [-0.05, 0) is 33.0 Å². The number of nitrogens with one attached hydrogen (secondary N) is 1. The summed E-state index contributed by atoms with van der Waals surface area (Å²) in [5, 5.41) is 13.8. The Morgan fingerprint density at radius 2 is 2.07 bits per heavy atom. The van der Waals surface area contributed by atoms with Crippen LogP contribution in [0.25, 0.3) is 21.5 Å². The van der Waals surface area contributed by atoms with Crippen molar-refractivity contribution >= 4 is 34.1 Å². The molecule has 1 N–H and O–H groups in total. The van der Waals surface area contributed by atoms with E-state index < -0.39 is 0 Å². The zero-order valence-electron chi connectivity index (χ0n) is 15.5. The molecule has 3 aromatic heterocycles. The molecule has 1 atom stereocenters. The second kappa shape index (κ2) is 7.16. The van der Waals surface area contributed by atoms with Gasteiger partial charge in [0.15, 0.2) is 0 Å². The van der Waals surface area contributed by atoms with Crippen molar-refractivity contribution in [3.8, 4) is 10.6 Å². The Hall–Kier alpha value is -2.65. The van der Waals surface area contributed by atoms with Crippen molar-refractivity contribution in [2.24, 2.45) is 0 Å². The smallest absolute Gasteiger partial charge is 0.322 e. The van der Waals surface area contributed by atoms with Crippen molar-refractivity contribution in [2.75, 3.05) is 32.0 Å². The van der Waals surface area contributed by atoms with Gasteiger partial charge in [0.05, 0.1) is 11.7 Å². The molecule has 4 rings (SSSR count). The summed E-state index contributed by atoms with van der Waals surface area (Å²) in [6.07, 6.45) is 3.44. The molecule has 8 nitrogen and oxygen atoms in total. The predicted molar refractivity (Wildman–Crippen MR) is 106 cm³/mol. The third kappa shape index (κ3) is 3.74. The van der Waals surface area contributed by atoms with Crippen LogP contribution < -0.4 is 5.32 Å². The van der Waals surface area contributed by atoms with Crippen LogP contribution >= 0.6 is 11.3 Å². The van der Waals surface area contributed by atoms with Crippen LogP contribution in [0.1, 0.15) is 11.9 Å². The van der Waals surface area contributed by atoms with Gasteiger partial charge >= 0.3 is 6.03 Å². The number of amides is 2. The van der Waals surface area contributed by atoms with Crippen LogP contribution in [0, 0.1) is 6.92 Å². The van der Waals surface area contributed by atoms with Crippen LogP contribution in [0.5, 0.6) is 0 Å². The normalized spacial score (nSPS) is 18.0. The Kier molecular flexibility index (Phi) is 4.71. The van der Waals surface area contributed by atoms with Crippen LogP contribution in [0.2, 0.25) is 0 Å². The molecule has 1 fully saturated rings. The molecule has 9 heteroatoms. The maximum absolute atomic E-state index is 12.6. The number of anilines is 1. The first-order valence-electron chi connectivity index (χ1n) is 8.82. The molecule has 27 heavy (non-hydrogen) atoms. The number of likely N-dealkylation sites (N-methyl/N-ethyl adjacent to an activating group) is 1. The highest BCUT2D eigenvalue weighted by Gasteiger charge is 2.24. The van der Waals surface area contributed by atoms with E-state index in [1.54, 1.807) is 12.4 Å². The lowest BCUT2D eigenvalue weighted by Gasteiger charge is -2.37. The summed E-state index contributed by atoms with van der Waals surface area (Å²) in [4.78, 5) is 25.4. The molecule has 0 radical (unpaired) electrons. The quantitative estimate of drug-likeness (QED) is 0.732. The largest absolute Gasteiger partial charge is 0.323 e. The number of hydrogen-bond acceptors (Lipinski definition) is 7. The van der Waals surface area contributed by atoms with Gasteiger partial charge in [-0.25, -0.2) is 9.78 Å². The lowest BCUT2D eigenvalue weighted by atomic mass is 10.2. The average molecular weight is 383 g/mol. The molecule has 0 bridgehead atoms. The van der Waals surface area contributed by atoms with Crippen molar-refractivity contribution in [2.45, 2.75) is 19.9 Å². The Morgan fingerprint density at radius 1 is 1.22 bits per heavy atom. The number of carbonyl (C=O) groups excluding carboxylic acids is 1. The Balaban J connectivity index is 1.54. The van der Waals surface area contributed by atoms with Gasteiger partial charge in [-0.2, -0.15) is 0 Å². The maximum Gasteiger partial charge on any atom is 0.323 e. The van der Waals surface area contributed by atoms with Gasteiger partial charge in [-0.3, -0.25) is 10.3 Å². The van der Waals surface area contributed by atoms with Gasteiger partial charge in [-0.15, -0.1) is 10.2 Å². The summed E-state index contributed by atoms with van der Waals surface area (Å²) in [6, 6.07) is 4.07. The molecule has 1 aliphatic rings. The molecule has 1 aliphatic heterocycles. The average Bonchev–Trinajstić information content (AvgIpc) is 3.09. The monoisotopic (exact) mass is 383 g/mol. The molecule has 4 heterocycles. The van der Waals surface area contributed by atoms with E-state index in [4.69, 9.17) is 0 Å². The van der Waals surface area contributed by atoms with E-state index >= 15 is 0 Å². The third-order valence-electron chi connectivity index (χ3n) is 4.82. The van der Waals surface area contributed by atoms with Crippen molar-refractivity contribution < 1.29 is 4.79 Å². The topological polar surface area (TPSA) is 87.1 Å². The summed E-state index contributed by atoms with van der Waals surface area (Å²) in [7, 11) is 2.08. The first-order chi connectivity index (χ1) is 13.0. The standard InChI is InChI=1S/C18H21N7OS/c1-11-10-25(5-4-24(11)3)18(26)21-16-7-13-6-14(8-19-15(13)9-20-16)17-23-22-12(2)27-17/h6-9,11H,4-5,10H2,1-3H3,(H,20,21,26)/t11-/m0/s1. The minimum absolute atomic E-state index is 0.120. The van der Waals surface area contributed by atoms with E-state index in [0.29, 0.717) is 24.9 Å². The summed E-state index contributed by atoms with van der Waals surface area (Å²) >= 11 is 1.53. The number of piperazine rings is 1. The fourth-order valence-electron chi connectivity index (χ4n) is 3.05. The van der Waals surface area contributed by atoms with Crippen LogP contribution in [0.3, 0.4) is 0 Å². The molecule has 3 aromatic rings. The van der Waals surface area contributed by atoms with E-state index in [0.717, 1.165) is 33.0 Å². The van der Waals surface area contributed by atoms with E-state index in [1.165, 1.54) is 11.3 Å². The molecule has 140 valence electrons. The predicted octanol–water partition coefficient (Wildman–Crippen LogP) is 2.62.